The summed E-state index contributed by atoms with van der Waals surface area (Å²) in [5.41, 5.74) is 0. The van der Waals surface area contributed by atoms with Crippen molar-refractivity contribution >= 4 is 16.1 Å². The van der Waals surface area contributed by atoms with Crippen LogP contribution in [0, 0.1) is 0 Å². The van der Waals surface area contributed by atoms with Crippen LogP contribution in [-0.2, 0) is 14.9 Å². The van der Waals surface area contributed by atoms with Crippen LogP contribution in [0.25, 0.3) is 0 Å². The standard InChI is InChI=1S/C8H17NO5S/c1-9(2,3)7(8(10)11)5-4-6-15(12,13)14/h7H,4-6H2,1-3H3,(H-,10,11,12,13,14)/p+1/t7-/m0/s1. The summed E-state index contributed by atoms with van der Waals surface area (Å²) < 4.78 is 29.6. The van der Waals surface area contributed by atoms with Crippen LogP contribution in [0.1, 0.15) is 12.8 Å². The van der Waals surface area contributed by atoms with E-state index in [4.69, 9.17) is 9.66 Å². The zero-order valence-corrected chi connectivity index (χ0v) is 9.99. The Hall–Kier alpha value is -0.660. The molecule has 0 saturated heterocycles. The summed E-state index contributed by atoms with van der Waals surface area (Å²) in [6.45, 7) is 0. The summed E-state index contributed by atoms with van der Waals surface area (Å²) in [6.07, 6.45) is 0.365. The van der Waals surface area contributed by atoms with Crippen LogP contribution in [-0.4, -0.2) is 61.5 Å². The fraction of sp³-hybridized carbons (Fsp3) is 0.875. The molecule has 0 aliphatic heterocycles. The van der Waals surface area contributed by atoms with E-state index in [-0.39, 0.29) is 17.3 Å². The van der Waals surface area contributed by atoms with Gasteiger partial charge in [-0.1, -0.05) is 0 Å². The molecule has 0 unspecified atom stereocenters. The molecule has 6 nitrogen and oxygen atoms in total. The molecule has 0 spiro atoms. The molecule has 0 rings (SSSR count). The molecule has 0 aliphatic carbocycles. The fourth-order valence-corrected chi connectivity index (χ4v) is 1.83. The Labute approximate surface area is 89.8 Å². The highest BCUT2D eigenvalue weighted by molar-refractivity contribution is 7.85. The van der Waals surface area contributed by atoms with Gasteiger partial charge in [0.2, 0.25) is 0 Å². The molecule has 0 saturated carbocycles. The van der Waals surface area contributed by atoms with Gasteiger partial charge in [0.25, 0.3) is 10.1 Å². The number of carbonyl (C=O) groups is 1. The van der Waals surface area contributed by atoms with Gasteiger partial charge in [-0.25, -0.2) is 4.79 Å². The Morgan fingerprint density at radius 2 is 1.80 bits per heavy atom. The number of quaternary nitrogens is 1. The van der Waals surface area contributed by atoms with Crippen molar-refractivity contribution in [2.45, 2.75) is 18.9 Å². The Balaban J connectivity index is 4.29. The maximum atomic E-state index is 10.9. The van der Waals surface area contributed by atoms with Crippen molar-refractivity contribution in [3.05, 3.63) is 0 Å². The van der Waals surface area contributed by atoms with E-state index in [0.29, 0.717) is 0 Å². The van der Waals surface area contributed by atoms with Crippen LogP contribution in [0.15, 0.2) is 0 Å². The predicted molar refractivity (Wildman–Crippen MR) is 55.1 cm³/mol. The fourth-order valence-electron chi connectivity index (χ4n) is 1.30. The van der Waals surface area contributed by atoms with E-state index in [1.165, 1.54) is 0 Å². The number of aliphatic carboxylic acids is 1. The van der Waals surface area contributed by atoms with Crippen LogP contribution in [0.2, 0.25) is 0 Å². The van der Waals surface area contributed by atoms with Gasteiger partial charge in [-0.2, -0.15) is 8.42 Å². The summed E-state index contributed by atoms with van der Waals surface area (Å²) in [6, 6.07) is -0.660. The van der Waals surface area contributed by atoms with Crippen LogP contribution in [0.4, 0.5) is 0 Å². The Bertz CT molecular complexity index is 316. The number of rotatable bonds is 6. The van der Waals surface area contributed by atoms with Gasteiger partial charge in [0, 0.05) is 6.42 Å². The van der Waals surface area contributed by atoms with E-state index < -0.39 is 27.9 Å². The summed E-state index contributed by atoms with van der Waals surface area (Å²) in [7, 11) is 1.19. The van der Waals surface area contributed by atoms with Gasteiger partial charge in [0.1, 0.15) is 0 Å². The topological polar surface area (TPSA) is 91.7 Å². The average molecular weight is 240 g/mol. The monoisotopic (exact) mass is 240 g/mol. The van der Waals surface area contributed by atoms with Crippen molar-refractivity contribution in [2.24, 2.45) is 0 Å². The molecule has 2 N–H and O–H groups in total. The molecular formula is C8H18NO5S+. The molecule has 0 aromatic carbocycles. The minimum absolute atomic E-state index is 0.144. The van der Waals surface area contributed by atoms with Crippen molar-refractivity contribution in [1.29, 1.82) is 0 Å². The second kappa shape index (κ2) is 4.91. The largest absolute Gasteiger partial charge is 0.477 e. The minimum Gasteiger partial charge on any atom is -0.477 e. The minimum atomic E-state index is -3.99. The molecule has 0 aromatic rings. The molecule has 0 amide bonds. The van der Waals surface area contributed by atoms with Gasteiger partial charge >= 0.3 is 5.97 Å². The predicted octanol–water partition coefficient (Wildman–Crippen LogP) is -0.186. The van der Waals surface area contributed by atoms with Crippen LogP contribution in [0.5, 0.6) is 0 Å². The van der Waals surface area contributed by atoms with E-state index in [1.54, 1.807) is 21.1 Å². The third kappa shape index (κ3) is 6.43. The highest BCUT2D eigenvalue weighted by Gasteiger charge is 2.30. The van der Waals surface area contributed by atoms with Crippen molar-refractivity contribution in [1.82, 2.24) is 0 Å². The molecule has 0 radical (unpaired) electrons. The van der Waals surface area contributed by atoms with Crippen molar-refractivity contribution < 1.29 is 27.4 Å². The molecule has 1 atom stereocenters. The maximum Gasteiger partial charge on any atom is 0.362 e. The first-order chi connectivity index (χ1) is 6.54. The average Bonchev–Trinajstić information content (AvgIpc) is 1.92. The molecule has 90 valence electrons. The molecule has 7 heteroatoms. The van der Waals surface area contributed by atoms with E-state index in [9.17, 15) is 13.2 Å². The van der Waals surface area contributed by atoms with Gasteiger partial charge in [-0.15, -0.1) is 0 Å². The Kier molecular flexibility index (Phi) is 4.69. The van der Waals surface area contributed by atoms with E-state index >= 15 is 0 Å². The smallest absolute Gasteiger partial charge is 0.362 e. The van der Waals surface area contributed by atoms with Crippen LogP contribution < -0.4 is 0 Å². The Morgan fingerprint density at radius 3 is 2.07 bits per heavy atom. The maximum absolute atomic E-state index is 10.9. The van der Waals surface area contributed by atoms with Crippen molar-refractivity contribution in [3.8, 4) is 0 Å². The molecule has 0 heterocycles. The van der Waals surface area contributed by atoms with Crippen LogP contribution >= 0.6 is 0 Å². The number of likely N-dealkylation sites (N-methyl/N-ethyl adjacent to an activating group) is 1. The first-order valence-electron chi connectivity index (χ1n) is 4.53. The summed E-state index contributed by atoms with van der Waals surface area (Å²) in [5, 5.41) is 8.91. The van der Waals surface area contributed by atoms with Crippen LogP contribution in [0.3, 0.4) is 0 Å². The lowest BCUT2D eigenvalue weighted by atomic mass is 10.1. The number of hydrogen-bond acceptors (Lipinski definition) is 3. The number of carboxylic acid groups (broad SMARTS) is 1. The highest BCUT2D eigenvalue weighted by atomic mass is 32.2. The Morgan fingerprint density at radius 1 is 1.33 bits per heavy atom. The van der Waals surface area contributed by atoms with Crippen molar-refractivity contribution in [2.75, 3.05) is 26.9 Å². The van der Waals surface area contributed by atoms with E-state index in [2.05, 4.69) is 0 Å². The number of carboxylic acids is 1. The zero-order chi connectivity index (χ0) is 12.3. The molecule has 0 aromatic heterocycles. The third-order valence-electron chi connectivity index (χ3n) is 2.10. The second-order valence-corrected chi connectivity index (χ2v) is 5.97. The van der Waals surface area contributed by atoms with Gasteiger partial charge in [0.05, 0.1) is 26.9 Å². The summed E-state index contributed by atoms with van der Waals surface area (Å²) in [5.74, 6) is -1.35. The normalized spacial score (nSPS) is 14.9. The zero-order valence-electron chi connectivity index (χ0n) is 9.17. The summed E-state index contributed by atoms with van der Waals surface area (Å²) in [4.78, 5) is 10.9. The highest BCUT2D eigenvalue weighted by Crippen LogP contribution is 2.11. The van der Waals surface area contributed by atoms with E-state index in [1.807, 2.05) is 0 Å². The summed E-state index contributed by atoms with van der Waals surface area (Å²) >= 11 is 0. The van der Waals surface area contributed by atoms with Gasteiger partial charge in [-0.3, -0.25) is 4.55 Å². The third-order valence-corrected chi connectivity index (χ3v) is 2.90. The molecule has 0 bridgehead atoms. The molecule has 0 aliphatic rings. The first-order valence-corrected chi connectivity index (χ1v) is 6.14. The number of hydrogen-bond donors (Lipinski definition) is 2. The van der Waals surface area contributed by atoms with Gasteiger partial charge < -0.3 is 9.59 Å². The second-order valence-electron chi connectivity index (χ2n) is 4.40. The SMILES string of the molecule is C[N+](C)(C)[C@@H](CCCS(=O)(=O)O)C(=O)O. The van der Waals surface area contributed by atoms with E-state index in [0.717, 1.165) is 0 Å². The lowest BCUT2D eigenvalue weighted by Gasteiger charge is -2.30. The van der Waals surface area contributed by atoms with Crippen molar-refractivity contribution in [3.63, 3.8) is 0 Å². The lowest BCUT2D eigenvalue weighted by Crippen LogP contribution is -2.49. The quantitative estimate of drug-likeness (QED) is 0.496. The lowest BCUT2D eigenvalue weighted by molar-refractivity contribution is -0.887. The first kappa shape index (κ1) is 14.3. The van der Waals surface area contributed by atoms with Gasteiger partial charge in [0.15, 0.2) is 6.04 Å². The molecular weight excluding hydrogens is 222 g/mol. The molecule has 15 heavy (non-hydrogen) atoms. The van der Waals surface area contributed by atoms with Gasteiger partial charge in [-0.05, 0) is 6.42 Å². The number of nitrogens with zero attached hydrogens (tertiary/aromatic N) is 1. The molecule has 0 fully saturated rings.